The molecule has 2 rings (SSSR count). The van der Waals surface area contributed by atoms with Crippen molar-refractivity contribution in [3.63, 3.8) is 0 Å². The van der Waals surface area contributed by atoms with Gasteiger partial charge in [-0.05, 0) is 68.6 Å². The van der Waals surface area contributed by atoms with Crippen LogP contribution in [-0.2, 0) is 0 Å². The Hall–Kier alpha value is -0.0400. The van der Waals surface area contributed by atoms with E-state index in [4.69, 9.17) is 0 Å². The molecule has 0 aliphatic heterocycles. The lowest BCUT2D eigenvalue weighted by atomic mass is 9.67. The molecule has 2 fully saturated rings. The Labute approximate surface area is 190 Å². The van der Waals surface area contributed by atoms with Crippen LogP contribution in [0.4, 0.5) is 0 Å². The molecule has 7 atom stereocenters. The van der Waals surface area contributed by atoms with E-state index in [1.807, 2.05) is 0 Å². The Morgan fingerprint density at radius 2 is 1.50 bits per heavy atom. The number of hydrogen-bond acceptors (Lipinski definition) is 1. The van der Waals surface area contributed by atoms with Crippen LogP contribution >= 0.6 is 0 Å². The fraction of sp³-hybridized carbons (Fsp3) is 1.00. The van der Waals surface area contributed by atoms with E-state index in [9.17, 15) is 0 Å². The molecule has 0 aromatic heterocycles. The van der Waals surface area contributed by atoms with Crippen molar-refractivity contribution in [2.75, 3.05) is 0 Å². The minimum absolute atomic E-state index is 0.700. The molecule has 178 valence electrons. The minimum Gasteiger partial charge on any atom is -0.311 e. The Balaban J connectivity index is 1.87. The smallest absolute Gasteiger partial charge is 0.0100 e. The molecule has 30 heavy (non-hydrogen) atoms. The van der Waals surface area contributed by atoms with Gasteiger partial charge in [-0.2, -0.15) is 0 Å². The average molecular weight is 420 g/mol. The summed E-state index contributed by atoms with van der Waals surface area (Å²) in [4.78, 5) is 0. The van der Waals surface area contributed by atoms with Gasteiger partial charge in [-0.25, -0.2) is 0 Å². The topological polar surface area (TPSA) is 12.0 Å². The summed E-state index contributed by atoms with van der Waals surface area (Å²) in [6, 6.07) is 1.50. The predicted octanol–water partition coefficient (Wildman–Crippen LogP) is 9.15. The van der Waals surface area contributed by atoms with Crippen molar-refractivity contribution in [2.24, 2.45) is 29.6 Å². The molecule has 0 aromatic rings. The quantitative estimate of drug-likeness (QED) is 0.261. The Morgan fingerprint density at radius 3 is 2.23 bits per heavy atom. The van der Waals surface area contributed by atoms with Crippen molar-refractivity contribution >= 4 is 0 Å². The summed E-state index contributed by atoms with van der Waals surface area (Å²) in [5.41, 5.74) is 0. The molecule has 2 saturated carbocycles. The summed E-state index contributed by atoms with van der Waals surface area (Å²) >= 11 is 0. The van der Waals surface area contributed by atoms with Crippen molar-refractivity contribution in [1.29, 1.82) is 0 Å². The van der Waals surface area contributed by atoms with E-state index < -0.39 is 0 Å². The van der Waals surface area contributed by atoms with Gasteiger partial charge < -0.3 is 5.32 Å². The number of rotatable bonds is 15. The summed E-state index contributed by atoms with van der Waals surface area (Å²) in [7, 11) is 0. The molecule has 0 radical (unpaired) electrons. The highest BCUT2D eigenvalue weighted by atomic mass is 15.0. The summed E-state index contributed by atoms with van der Waals surface area (Å²) in [6.07, 6.45) is 24.7. The van der Waals surface area contributed by atoms with Crippen molar-refractivity contribution < 1.29 is 0 Å². The highest BCUT2D eigenvalue weighted by Crippen LogP contribution is 2.43. The summed E-state index contributed by atoms with van der Waals surface area (Å²) in [6.45, 7) is 12.2. The second kappa shape index (κ2) is 14.9. The Bertz CT molecular complexity index is 419. The fourth-order valence-electron chi connectivity index (χ4n) is 7.29. The molecule has 0 heterocycles. The molecular weight excluding hydrogens is 362 g/mol. The molecule has 2 aliphatic rings. The third-order valence-electron chi connectivity index (χ3n) is 8.97. The van der Waals surface area contributed by atoms with Crippen LogP contribution in [0.15, 0.2) is 0 Å². The van der Waals surface area contributed by atoms with Gasteiger partial charge in [-0.1, -0.05) is 105 Å². The van der Waals surface area contributed by atoms with E-state index in [-0.39, 0.29) is 0 Å². The normalized spacial score (nSPS) is 30.3. The van der Waals surface area contributed by atoms with Crippen molar-refractivity contribution in [2.45, 2.75) is 156 Å². The van der Waals surface area contributed by atoms with E-state index in [2.05, 4.69) is 39.9 Å². The van der Waals surface area contributed by atoms with Crippen LogP contribution in [0.25, 0.3) is 0 Å². The van der Waals surface area contributed by atoms with Gasteiger partial charge in [0.2, 0.25) is 0 Å². The lowest BCUT2D eigenvalue weighted by Crippen LogP contribution is -2.41. The highest BCUT2D eigenvalue weighted by molar-refractivity contribution is 4.90. The summed E-state index contributed by atoms with van der Waals surface area (Å²) in [5.74, 6) is 4.87. The zero-order valence-electron chi connectivity index (χ0n) is 21.6. The summed E-state index contributed by atoms with van der Waals surface area (Å²) in [5, 5.41) is 4.05. The standard InChI is InChI=1S/C29H57N/c1-6-9-10-11-12-17-26-18-13-14-19-27(26)23(4)22-25(8-3)28-20-15-21-29(28)30-24(5)16-7-2/h23-30H,6-22H2,1-5H3. The Morgan fingerprint density at radius 1 is 0.767 bits per heavy atom. The van der Waals surface area contributed by atoms with Crippen molar-refractivity contribution in [1.82, 2.24) is 5.32 Å². The summed E-state index contributed by atoms with van der Waals surface area (Å²) < 4.78 is 0. The van der Waals surface area contributed by atoms with Crippen LogP contribution in [0, 0.1) is 29.6 Å². The minimum atomic E-state index is 0.700. The molecule has 0 saturated heterocycles. The first-order valence-electron chi connectivity index (χ1n) is 14.4. The zero-order chi connectivity index (χ0) is 21.8. The number of nitrogens with one attached hydrogen (secondary N) is 1. The van der Waals surface area contributed by atoms with E-state index in [1.165, 1.54) is 109 Å². The van der Waals surface area contributed by atoms with E-state index in [0.717, 1.165) is 35.6 Å². The lowest BCUT2D eigenvalue weighted by molar-refractivity contribution is 0.120. The zero-order valence-corrected chi connectivity index (χ0v) is 21.6. The number of hydrogen-bond donors (Lipinski definition) is 1. The maximum atomic E-state index is 4.05. The van der Waals surface area contributed by atoms with Crippen LogP contribution in [0.2, 0.25) is 0 Å². The second-order valence-corrected chi connectivity index (χ2v) is 11.4. The molecule has 0 spiro atoms. The molecule has 1 N–H and O–H groups in total. The first kappa shape index (κ1) is 26.2. The monoisotopic (exact) mass is 419 g/mol. The molecule has 0 amide bonds. The molecule has 1 heteroatoms. The van der Waals surface area contributed by atoms with Gasteiger partial charge in [0, 0.05) is 12.1 Å². The molecule has 7 unspecified atom stereocenters. The highest BCUT2D eigenvalue weighted by Gasteiger charge is 2.36. The largest absolute Gasteiger partial charge is 0.311 e. The molecule has 0 aromatic carbocycles. The first-order valence-corrected chi connectivity index (χ1v) is 14.4. The SMILES string of the molecule is CCCCCCCC1CCCCC1C(C)CC(CC)C1CCCC1NC(C)CCC. The lowest BCUT2D eigenvalue weighted by Gasteiger charge is -2.39. The predicted molar refractivity (Wildman–Crippen MR) is 135 cm³/mol. The van der Waals surface area contributed by atoms with E-state index >= 15 is 0 Å². The van der Waals surface area contributed by atoms with Gasteiger partial charge in [-0.3, -0.25) is 0 Å². The molecular formula is C29H57N. The van der Waals surface area contributed by atoms with Gasteiger partial charge in [0.05, 0.1) is 0 Å². The first-order chi connectivity index (χ1) is 14.6. The van der Waals surface area contributed by atoms with Gasteiger partial charge in [0.1, 0.15) is 0 Å². The molecule has 2 aliphatic carbocycles. The van der Waals surface area contributed by atoms with Crippen LogP contribution < -0.4 is 5.32 Å². The van der Waals surface area contributed by atoms with Crippen LogP contribution in [0.3, 0.4) is 0 Å². The second-order valence-electron chi connectivity index (χ2n) is 11.4. The van der Waals surface area contributed by atoms with Crippen molar-refractivity contribution in [3.05, 3.63) is 0 Å². The van der Waals surface area contributed by atoms with Crippen LogP contribution in [0.5, 0.6) is 0 Å². The van der Waals surface area contributed by atoms with Gasteiger partial charge in [0.15, 0.2) is 0 Å². The average Bonchev–Trinajstić information content (AvgIpc) is 3.20. The van der Waals surface area contributed by atoms with Crippen molar-refractivity contribution in [3.8, 4) is 0 Å². The third-order valence-corrected chi connectivity index (χ3v) is 8.97. The maximum Gasteiger partial charge on any atom is 0.0100 e. The third kappa shape index (κ3) is 8.48. The van der Waals surface area contributed by atoms with Gasteiger partial charge in [-0.15, -0.1) is 0 Å². The maximum absolute atomic E-state index is 4.05. The van der Waals surface area contributed by atoms with Crippen LogP contribution in [0.1, 0.15) is 144 Å². The fourth-order valence-corrected chi connectivity index (χ4v) is 7.29. The van der Waals surface area contributed by atoms with Gasteiger partial charge in [0.25, 0.3) is 0 Å². The molecule has 1 nitrogen and oxygen atoms in total. The Kier molecular flexibility index (Phi) is 13.0. The molecule has 0 bridgehead atoms. The van der Waals surface area contributed by atoms with E-state index in [0.29, 0.717) is 6.04 Å². The van der Waals surface area contributed by atoms with Crippen LogP contribution in [-0.4, -0.2) is 12.1 Å². The number of unbranched alkanes of at least 4 members (excludes halogenated alkanes) is 4. The van der Waals surface area contributed by atoms with E-state index in [1.54, 1.807) is 0 Å². The van der Waals surface area contributed by atoms with Gasteiger partial charge >= 0.3 is 0 Å².